The van der Waals surface area contributed by atoms with Crippen LogP contribution in [0.5, 0.6) is 0 Å². The number of hydrogen-bond acceptors (Lipinski definition) is 4. The lowest BCUT2D eigenvalue weighted by Crippen LogP contribution is -2.55. The first-order chi connectivity index (χ1) is 16.1. The van der Waals surface area contributed by atoms with Crippen LogP contribution < -0.4 is 0 Å². The molecule has 0 unspecified atom stereocenters. The van der Waals surface area contributed by atoms with Crippen molar-refractivity contribution in [1.82, 2.24) is 14.8 Å². The van der Waals surface area contributed by atoms with Gasteiger partial charge in [-0.2, -0.15) is 9.49 Å². The quantitative estimate of drug-likeness (QED) is 0.601. The zero-order valence-electron chi connectivity index (χ0n) is 20.8. The topological polar surface area (TPSA) is 68.0 Å². The minimum Gasteiger partial charge on any atom is -0.390 e. The monoisotopic (exact) mass is 467 g/mol. The molecule has 34 heavy (non-hydrogen) atoms. The van der Waals surface area contributed by atoms with Gasteiger partial charge in [-0.05, 0) is 99.2 Å². The van der Waals surface area contributed by atoms with Crippen molar-refractivity contribution in [2.45, 2.75) is 90.7 Å². The summed E-state index contributed by atoms with van der Waals surface area (Å²) in [5, 5.41) is 15.8. The van der Waals surface area contributed by atoms with Gasteiger partial charge in [0.15, 0.2) is 5.78 Å². The molecule has 2 heterocycles. The highest BCUT2D eigenvalue weighted by Gasteiger charge is 2.61. The fourth-order valence-electron chi connectivity index (χ4n) is 9.29. The van der Waals surface area contributed by atoms with Crippen LogP contribution in [0.4, 0.5) is 4.39 Å². The molecule has 6 heteroatoms. The smallest absolute Gasteiger partial charge is 0.213 e. The highest BCUT2D eigenvalue weighted by atomic mass is 19.1. The zero-order valence-corrected chi connectivity index (χ0v) is 20.8. The van der Waals surface area contributed by atoms with Gasteiger partial charge in [0.2, 0.25) is 5.95 Å². The van der Waals surface area contributed by atoms with Crippen molar-refractivity contribution in [3.8, 4) is 0 Å². The maximum Gasteiger partial charge on any atom is 0.213 e. The van der Waals surface area contributed by atoms with Gasteiger partial charge in [0.1, 0.15) is 6.54 Å². The van der Waals surface area contributed by atoms with Crippen LogP contribution >= 0.6 is 0 Å². The summed E-state index contributed by atoms with van der Waals surface area (Å²) in [7, 11) is 0. The maximum atomic E-state index is 13.6. The zero-order chi connectivity index (χ0) is 23.9. The molecule has 0 radical (unpaired) electrons. The number of Topliss-reactive ketones (excluding diaryl/α,β-unsaturated/α-hetero) is 1. The Hall–Kier alpha value is -1.82. The minimum absolute atomic E-state index is 0.0644. The molecule has 8 atom stereocenters. The second kappa shape index (κ2) is 7.59. The molecule has 6 rings (SSSR count). The normalized spacial score (nSPS) is 43.9. The van der Waals surface area contributed by atoms with Crippen LogP contribution in [0.15, 0.2) is 18.5 Å². The van der Waals surface area contributed by atoms with E-state index in [1.165, 1.54) is 31.5 Å². The Bertz CT molecular complexity index is 1130. The number of carbonyl (C=O) groups excluding carboxylic acids is 1. The van der Waals surface area contributed by atoms with Gasteiger partial charge in [-0.25, -0.2) is 4.98 Å². The summed E-state index contributed by atoms with van der Waals surface area (Å²) in [4.78, 5) is 17.4. The summed E-state index contributed by atoms with van der Waals surface area (Å²) >= 11 is 0. The number of aliphatic hydroxyl groups is 1. The molecule has 0 saturated heterocycles. The second-order valence-corrected chi connectivity index (χ2v) is 12.9. The van der Waals surface area contributed by atoms with Crippen molar-refractivity contribution in [3.05, 3.63) is 24.4 Å². The second-order valence-electron chi connectivity index (χ2n) is 12.9. The van der Waals surface area contributed by atoms with E-state index in [2.05, 4.69) is 23.9 Å². The number of carbonyl (C=O) groups is 1. The number of aromatic nitrogens is 3. The van der Waals surface area contributed by atoms with Crippen molar-refractivity contribution in [2.24, 2.45) is 40.4 Å². The van der Waals surface area contributed by atoms with Gasteiger partial charge in [0.25, 0.3) is 0 Å². The van der Waals surface area contributed by atoms with Crippen LogP contribution in [0.2, 0.25) is 0 Å². The average Bonchev–Trinajstić information content (AvgIpc) is 3.34. The Labute approximate surface area is 201 Å². The van der Waals surface area contributed by atoms with E-state index < -0.39 is 11.5 Å². The van der Waals surface area contributed by atoms with Crippen LogP contribution in [0, 0.1) is 46.4 Å². The summed E-state index contributed by atoms with van der Waals surface area (Å²) in [5.41, 5.74) is 0.626. The highest BCUT2D eigenvalue weighted by Crippen LogP contribution is 2.68. The minimum atomic E-state index is -0.522. The molecule has 0 bridgehead atoms. The van der Waals surface area contributed by atoms with E-state index in [1.54, 1.807) is 10.9 Å². The third-order valence-corrected chi connectivity index (χ3v) is 11.1. The number of rotatable bonds is 3. The Morgan fingerprint density at radius 2 is 1.85 bits per heavy atom. The van der Waals surface area contributed by atoms with Gasteiger partial charge >= 0.3 is 0 Å². The van der Waals surface area contributed by atoms with Crippen LogP contribution in [0.1, 0.15) is 78.6 Å². The van der Waals surface area contributed by atoms with Gasteiger partial charge in [0, 0.05) is 17.4 Å². The molecular formula is C28H38FN3O2. The summed E-state index contributed by atoms with van der Waals surface area (Å²) in [6.45, 7) is 7.18. The van der Waals surface area contributed by atoms with Gasteiger partial charge in [-0.1, -0.05) is 13.8 Å². The van der Waals surface area contributed by atoms with Crippen molar-refractivity contribution in [2.75, 3.05) is 0 Å². The lowest BCUT2D eigenvalue weighted by atomic mass is 9.44. The molecule has 0 aromatic carbocycles. The number of pyridine rings is 1. The van der Waals surface area contributed by atoms with E-state index >= 15 is 0 Å². The van der Waals surface area contributed by atoms with Crippen molar-refractivity contribution >= 4 is 16.7 Å². The third-order valence-electron chi connectivity index (χ3n) is 11.1. The first kappa shape index (κ1) is 22.6. The molecule has 0 amide bonds. The first-order valence-electron chi connectivity index (χ1n) is 13.3. The molecule has 0 aliphatic heterocycles. The first-order valence-corrected chi connectivity index (χ1v) is 13.3. The Balaban J connectivity index is 1.21. The van der Waals surface area contributed by atoms with E-state index in [-0.39, 0.29) is 23.7 Å². The molecular weight excluding hydrogens is 429 g/mol. The Kier molecular flexibility index (Phi) is 5.05. The molecule has 1 N–H and O–H groups in total. The lowest BCUT2D eigenvalue weighted by molar-refractivity contribution is -0.151. The fourth-order valence-corrected chi connectivity index (χ4v) is 9.29. The van der Waals surface area contributed by atoms with Crippen molar-refractivity contribution in [1.29, 1.82) is 0 Å². The number of halogens is 1. The predicted octanol–water partition coefficient (Wildman–Crippen LogP) is 5.55. The summed E-state index contributed by atoms with van der Waals surface area (Å²) in [5.74, 6) is 2.50. The van der Waals surface area contributed by atoms with Gasteiger partial charge in [0.05, 0.1) is 23.5 Å². The predicted molar refractivity (Wildman–Crippen MR) is 128 cm³/mol. The SMILES string of the molecule is C[C@@]1(O)CC[C@@]2(C)[C@H](CC[C@@H]3[C@@H]2CC[C@]2(C)[C@@H](C(=O)Cn4ncc5cc(F)ncc54)CC[C@@H]32)C1. The van der Waals surface area contributed by atoms with E-state index in [9.17, 15) is 14.3 Å². The Morgan fingerprint density at radius 3 is 2.68 bits per heavy atom. The lowest BCUT2D eigenvalue weighted by Gasteiger charge is -2.61. The van der Waals surface area contributed by atoms with Crippen LogP contribution in [-0.2, 0) is 11.3 Å². The van der Waals surface area contributed by atoms with E-state index in [4.69, 9.17) is 0 Å². The summed E-state index contributed by atoms with van der Waals surface area (Å²) < 4.78 is 15.2. The summed E-state index contributed by atoms with van der Waals surface area (Å²) in [6, 6.07) is 1.37. The Morgan fingerprint density at radius 1 is 1.06 bits per heavy atom. The van der Waals surface area contributed by atoms with Crippen LogP contribution in [0.25, 0.3) is 10.9 Å². The van der Waals surface area contributed by atoms with Gasteiger partial charge in [-0.15, -0.1) is 0 Å². The van der Waals surface area contributed by atoms with E-state index in [0.717, 1.165) is 50.0 Å². The molecule has 2 aromatic heterocycles. The molecule has 184 valence electrons. The number of hydrogen-bond donors (Lipinski definition) is 1. The maximum absolute atomic E-state index is 13.6. The van der Waals surface area contributed by atoms with Crippen LogP contribution in [0.3, 0.4) is 0 Å². The van der Waals surface area contributed by atoms with E-state index in [1.807, 2.05) is 6.92 Å². The number of ketones is 1. The standard InChI is InChI=1S/C28H38FN3O2/c1-26(34)10-11-27(2)18(13-26)4-5-19-20-6-7-22(28(20,3)9-8-21(19)27)24(33)16-32-23-15-30-25(29)12-17(23)14-31-32/h12,14-15,18-22,34H,4-11,13,16H2,1-3H3/t18-,19+,20+,21+,22-,26-,27+,28+/m1/s1. The number of fused-ring (bicyclic) bond motifs is 6. The largest absolute Gasteiger partial charge is 0.390 e. The molecule has 2 aromatic rings. The molecule has 0 spiro atoms. The summed E-state index contributed by atoms with van der Waals surface area (Å²) in [6.07, 6.45) is 13.1. The molecule has 4 fully saturated rings. The van der Waals surface area contributed by atoms with Crippen molar-refractivity contribution < 1.29 is 14.3 Å². The van der Waals surface area contributed by atoms with Crippen molar-refractivity contribution in [3.63, 3.8) is 0 Å². The number of nitrogens with zero attached hydrogens (tertiary/aromatic N) is 3. The average molecular weight is 468 g/mol. The fraction of sp³-hybridized carbons (Fsp3) is 0.750. The molecule has 4 aliphatic carbocycles. The molecule has 4 aliphatic rings. The molecule has 4 saturated carbocycles. The molecule has 5 nitrogen and oxygen atoms in total. The highest BCUT2D eigenvalue weighted by molar-refractivity contribution is 5.84. The van der Waals surface area contributed by atoms with Gasteiger partial charge < -0.3 is 5.11 Å². The third kappa shape index (κ3) is 3.30. The van der Waals surface area contributed by atoms with E-state index in [0.29, 0.717) is 28.6 Å². The van der Waals surface area contributed by atoms with Gasteiger partial charge in [-0.3, -0.25) is 9.48 Å². The van der Waals surface area contributed by atoms with Crippen LogP contribution in [-0.4, -0.2) is 31.3 Å².